The Kier molecular flexibility index (Phi) is 5.89. The summed E-state index contributed by atoms with van der Waals surface area (Å²) in [5, 5.41) is 9.72. The zero-order valence-corrected chi connectivity index (χ0v) is 13.0. The summed E-state index contributed by atoms with van der Waals surface area (Å²) >= 11 is 5.98. The first-order valence-corrected chi connectivity index (χ1v) is 7.38. The van der Waals surface area contributed by atoms with Crippen molar-refractivity contribution in [1.82, 2.24) is 0 Å². The van der Waals surface area contributed by atoms with Crippen molar-refractivity contribution >= 4 is 35.3 Å². The van der Waals surface area contributed by atoms with Gasteiger partial charge in [0, 0.05) is 5.02 Å². The van der Waals surface area contributed by atoms with E-state index in [0.717, 1.165) is 11.1 Å². The number of halogens is 1. The summed E-state index contributed by atoms with van der Waals surface area (Å²) in [5.74, 6) is -0.412. The van der Waals surface area contributed by atoms with Crippen molar-refractivity contribution in [2.24, 2.45) is 0 Å². The number of ketones is 2. The Labute approximate surface area is 139 Å². The van der Waals surface area contributed by atoms with Gasteiger partial charge in [-0.1, -0.05) is 48.0 Å². The summed E-state index contributed by atoms with van der Waals surface area (Å²) in [7, 11) is 0. The molecule has 0 aliphatic carbocycles. The summed E-state index contributed by atoms with van der Waals surface area (Å²) < 4.78 is 0. The first-order valence-electron chi connectivity index (χ1n) is 7.00. The number of allylic oxidation sites excluding steroid dienone is 2. The van der Waals surface area contributed by atoms with E-state index in [0.29, 0.717) is 5.02 Å². The van der Waals surface area contributed by atoms with Crippen LogP contribution in [0.2, 0.25) is 5.02 Å². The molecule has 2 aromatic carbocycles. The lowest BCUT2D eigenvalue weighted by atomic mass is 10.1. The Morgan fingerprint density at radius 3 is 2.17 bits per heavy atom. The van der Waals surface area contributed by atoms with Crippen molar-refractivity contribution in [3.63, 3.8) is 0 Å². The van der Waals surface area contributed by atoms with Gasteiger partial charge in [-0.05, 0) is 47.6 Å². The third-order valence-electron chi connectivity index (χ3n) is 3.06. The van der Waals surface area contributed by atoms with Crippen LogP contribution in [0.5, 0.6) is 5.75 Å². The van der Waals surface area contributed by atoms with Crippen molar-refractivity contribution in [3.05, 3.63) is 76.8 Å². The highest BCUT2D eigenvalue weighted by Crippen LogP contribution is 2.16. The first kappa shape index (κ1) is 16.7. The summed E-state index contributed by atoms with van der Waals surface area (Å²) in [6.45, 7) is 0. The molecule has 0 unspecified atom stereocenters. The number of carbonyl (C=O) groups is 2. The van der Waals surface area contributed by atoms with Gasteiger partial charge in [0.15, 0.2) is 11.6 Å². The number of carbonyl (C=O) groups excluding carboxylic acids is 2. The van der Waals surface area contributed by atoms with Crippen LogP contribution in [-0.2, 0) is 9.59 Å². The lowest BCUT2D eigenvalue weighted by molar-refractivity contribution is -0.121. The predicted molar refractivity (Wildman–Crippen MR) is 92.3 cm³/mol. The molecule has 0 spiro atoms. The molecule has 0 amide bonds. The van der Waals surface area contributed by atoms with Gasteiger partial charge in [-0.15, -0.1) is 0 Å². The molecule has 3 nitrogen and oxygen atoms in total. The van der Waals surface area contributed by atoms with Crippen LogP contribution >= 0.6 is 11.6 Å². The van der Waals surface area contributed by atoms with Gasteiger partial charge in [-0.3, -0.25) is 9.59 Å². The lowest BCUT2D eigenvalue weighted by Crippen LogP contribution is -2.01. The van der Waals surface area contributed by atoms with E-state index < -0.39 is 0 Å². The van der Waals surface area contributed by atoms with E-state index in [9.17, 15) is 14.7 Å². The molecule has 0 saturated heterocycles. The summed E-state index contributed by atoms with van der Waals surface area (Å²) in [6.07, 6.45) is 5.71. The van der Waals surface area contributed by atoms with E-state index in [-0.39, 0.29) is 23.7 Å². The van der Waals surface area contributed by atoms with E-state index in [1.807, 2.05) is 6.07 Å². The van der Waals surface area contributed by atoms with Crippen molar-refractivity contribution in [1.29, 1.82) is 0 Å². The highest BCUT2D eigenvalue weighted by molar-refractivity contribution is 6.32. The molecule has 2 aromatic rings. The molecule has 116 valence electrons. The molecule has 1 N–H and O–H groups in total. The second kappa shape index (κ2) is 8.11. The zero-order chi connectivity index (χ0) is 16.7. The van der Waals surface area contributed by atoms with Gasteiger partial charge in [0.1, 0.15) is 5.75 Å². The predicted octanol–water partition coefficient (Wildman–Crippen LogP) is 4.30. The van der Waals surface area contributed by atoms with Gasteiger partial charge in [0.2, 0.25) is 0 Å². The average molecular weight is 327 g/mol. The second-order valence-electron chi connectivity index (χ2n) is 4.89. The second-order valence-corrected chi connectivity index (χ2v) is 5.30. The topological polar surface area (TPSA) is 54.4 Å². The maximum Gasteiger partial charge on any atom is 0.163 e. The van der Waals surface area contributed by atoms with Crippen molar-refractivity contribution in [3.8, 4) is 5.75 Å². The molecule has 0 saturated carbocycles. The fourth-order valence-corrected chi connectivity index (χ4v) is 2.06. The van der Waals surface area contributed by atoms with Crippen LogP contribution < -0.4 is 0 Å². The lowest BCUT2D eigenvalue weighted by Gasteiger charge is -1.96. The number of aromatic hydroxyl groups is 1. The molecular formula is C19H15ClO3. The van der Waals surface area contributed by atoms with Crippen LogP contribution in [0.3, 0.4) is 0 Å². The SMILES string of the molecule is O=C(/C=C/c1ccc(O)cc1)CC(=O)/C=C/c1ccccc1Cl. The zero-order valence-electron chi connectivity index (χ0n) is 12.3. The van der Waals surface area contributed by atoms with Crippen LogP contribution in [0.4, 0.5) is 0 Å². The Morgan fingerprint density at radius 1 is 0.913 bits per heavy atom. The fraction of sp³-hybridized carbons (Fsp3) is 0.0526. The molecule has 0 aromatic heterocycles. The van der Waals surface area contributed by atoms with E-state index >= 15 is 0 Å². The number of benzene rings is 2. The van der Waals surface area contributed by atoms with E-state index in [1.54, 1.807) is 42.5 Å². The molecule has 0 radical (unpaired) electrons. The molecule has 0 atom stereocenters. The van der Waals surface area contributed by atoms with E-state index in [1.165, 1.54) is 24.3 Å². The first-order chi connectivity index (χ1) is 11.0. The number of hydrogen-bond donors (Lipinski definition) is 1. The Morgan fingerprint density at radius 2 is 1.52 bits per heavy atom. The molecule has 0 heterocycles. The van der Waals surface area contributed by atoms with Crippen LogP contribution in [-0.4, -0.2) is 16.7 Å². The van der Waals surface area contributed by atoms with E-state index in [4.69, 9.17) is 11.6 Å². The van der Waals surface area contributed by atoms with Crippen molar-refractivity contribution in [2.75, 3.05) is 0 Å². The third-order valence-corrected chi connectivity index (χ3v) is 3.40. The molecule has 0 aliphatic heterocycles. The minimum atomic E-state index is -0.287. The Hall–Kier alpha value is -2.65. The van der Waals surface area contributed by atoms with Gasteiger partial charge >= 0.3 is 0 Å². The standard InChI is InChI=1S/C19H15ClO3/c20-19-4-2-1-3-15(19)8-12-18(23)13-17(22)11-7-14-5-9-16(21)10-6-14/h1-12,21H,13H2/b11-7+,12-8+. The quantitative estimate of drug-likeness (QED) is 0.636. The summed E-state index contributed by atoms with van der Waals surface area (Å²) in [6, 6.07) is 13.6. The smallest absolute Gasteiger partial charge is 0.163 e. The minimum absolute atomic E-state index is 0.161. The normalized spacial score (nSPS) is 11.2. The number of phenolic OH excluding ortho intramolecular Hbond substituents is 1. The summed E-state index contributed by atoms with van der Waals surface area (Å²) in [4.78, 5) is 23.5. The minimum Gasteiger partial charge on any atom is -0.508 e. The van der Waals surface area contributed by atoms with Gasteiger partial charge in [-0.25, -0.2) is 0 Å². The van der Waals surface area contributed by atoms with Crippen molar-refractivity contribution in [2.45, 2.75) is 6.42 Å². The molecular weight excluding hydrogens is 312 g/mol. The summed E-state index contributed by atoms with van der Waals surface area (Å²) in [5.41, 5.74) is 1.50. The average Bonchev–Trinajstić information content (AvgIpc) is 2.53. The molecule has 0 bridgehead atoms. The highest BCUT2D eigenvalue weighted by Gasteiger charge is 2.04. The fourth-order valence-electron chi connectivity index (χ4n) is 1.86. The Balaban J connectivity index is 1.91. The van der Waals surface area contributed by atoms with Crippen LogP contribution in [0, 0.1) is 0 Å². The Bertz CT molecular complexity index is 758. The van der Waals surface area contributed by atoms with Crippen LogP contribution in [0.1, 0.15) is 17.5 Å². The maximum atomic E-state index is 11.8. The van der Waals surface area contributed by atoms with Crippen LogP contribution in [0.15, 0.2) is 60.7 Å². The molecule has 4 heteroatoms. The van der Waals surface area contributed by atoms with Gasteiger partial charge < -0.3 is 5.11 Å². The van der Waals surface area contributed by atoms with Gasteiger partial charge in [0.05, 0.1) is 6.42 Å². The third kappa shape index (κ3) is 5.57. The monoisotopic (exact) mass is 326 g/mol. The largest absolute Gasteiger partial charge is 0.508 e. The number of phenols is 1. The molecule has 0 fully saturated rings. The van der Waals surface area contributed by atoms with Crippen molar-refractivity contribution < 1.29 is 14.7 Å². The van der Waals surface area contributed by atoms with Gasteiger partial charge in [-0.2, -0.15) is 0 Å². The maximum absolute atomic E-state index is 11.8. The number of rotatable bonds is 6. The molecule has 0 aliphatic rings. The van der Waals surface area contributed by atoms with Gasteiger partial charge in [0.25, 0.3) is 0 Å². The highest BCUT2D eigenvalue weighted by atomic mass is 35.5. The molecule has 2 rings (SSSR count). The molecule has 23 heavy (non-hydrogen) atoms. The van der Waals surface area contributed by atoms with Crippen LogP contribution in [0.25, 0.3) is 12.2 Å². The number of hydrogen-bond acceptors (Lipinski definition) is 3. The van der Waals surface area contributed by atoms with E-state index in [2.05, 4.69) is 0 Å².